The van der Waals surface area contributed by atoms with E-state index in [-0.39, 0.29) is 18.0 Å². The molecule has 0 aromatic heterocycles. The van der Waals surface area contributed by atoms with Gasteiger partial charge in [0.05, 0.1) is 19.1 Å². The summed E-state index contributed by atoms with van der Waals surface area (Å²) in [4.78, 5) is 28.3. The molecule has 1 aromatic rings. The van der Waals surface area contributed by atoms with E-state index in [1.807, 2.05) is 21.9 Å². The zero-order valence-corrected chi connectivity index (χ0v) is 13.8. The van der Waals surface area contributed by atoms with E-state index < -0.39 is 0 Å². The number of urea groups is 1. The number of benzene rings is 1. The summed E-state index contributed by atoms with van der Waals surface area (Å²) in [5, 5.41) is 2.85. The van der Waals surface area contributed by atoms with Crippen LogP contribution in [0.15, 0.2) is 18.2 Å². The van der Waals surface area contributed by atoms with Gasteiger partial charge in [0.15, 0.2) is 0 Å². The van der Waals surface area contributed by atoms with Crippen molar-refractivity contribution in [2.75, 3.05) is 32.8 Å². The summed E-state index contributed by atoms with van der Waals surface area (Å²) in [5.41, 5.74) is 2.25. The van der Waals surface area contributed by atoms with Gasteiger partial charge in [-0.15, -0.1) is 0 Å². The Labute approximate surface area is 141 Å². The molecule has 1 aromatic carbocycles. The second-order valence-electron chi connectivity index (χ2n) is 6.78. The molecule has 6 heteroatoms. The van der Waals surface area contributed by atoms with Crippen molar-refractivity contribution >= 4 is 11.9 Å². The average Bonchev–Trinajstić information content (AvgIpc) is 3.23. The van der Waals surface area contributed by atoms with Crippen LogP contribution in [0, 0.1) is 0 Å². The number of nitrogens with one attached hydrogen (secondary N) is 1. The second kappa shape index (κ2) is 6.34. The molecule has 0 bridgehead atoms. The monoisotopic (exact) mass is 329 g/mol. The minimum atomic E-state index is 0.00733. The number of carbonyl (C=O) groups excluding carboxylic acids is 2. The SMILES string of the molecule is O=C(Cc1ccc2c(c1)CCO2)N1CCC[C@H](N2CCNC2=O)C1. The van der Waals surface area contributed by atoms with Gasteiger partial charge in [-0.3, -0.25) is 4.79 Å². The number of rotatable bonds is 3. The van der Waals surface area contributed by atoms with Crippen LogP contribution < -0.4 is 10.1 Å². The maximum absolute atomic E-state index is 12.7. The van der Waals surface area contributed by atoms with Gasteiger partial charge in [0, 0.05) is 32.6 Å². The number of fused-ring (bicyclic) bond motifs is 1. The summed E-state index contributed by atoms with van der Waals surface area (Å²) >= 11 is 0. The smallest absolute Gasteiger partial charge is 0.317 e. The van der Waals surface area contributed by atoms with Crippen LogP contribution in [0.5, 0.6) is 5.75 Å². The standard InChI is InChI=1S/C18H23N3O3/c22-17(11-13-3-4-16-14(10-13)5-9-24-16)20-7-1-2-15(12-20)21-8-6-19-18(21)23/h3-4,10,15H,1-2,5-9,11-12H2,(H,19,23)/t15-/m0/s1. The van der Waals surface area contributed by atoms with Crippen LogP contribution >= 0.6 is 0 Å². The number of hydrogen-bond donors (Lipinski definition) is 1. The predicted octanol–water partition coefficient (Wildman–Crippen LogP) is 1.18. The van der Waals surface area contributed by atoms with Crippen molar-refractivity contribution in [3.63, 3.8) is 0 Å². The molecule has 3 aliphatic rings. The van der Waals surface area contributed by atoms with Crippen molar-refractivity contribution in [3.8, 4) is 5.75 Å². The van der Waals surface area contributed by atoms with Gasteiger partial charge in [0.1, 0.15) is 5.75 Å². The molecule has 24 heavy (non-hydrogen) atoms. The first-order valence-electron chi connectivity index (χ1n) is 8.77. The van der Waals surface area contributed by atoms with Crippen molar-refractivity contribution in [2.24, 2.45) is 0 Å². The quantitative estimate of drug-likeness (QED) is 0.906. The molecule has 128 valence electrons. The molecular formula is C18H23N3O3. The van der Waals surface area contributed by atoms with Crippen LogP contribution in [0.4, 0.5) is 4.79 Å². The third kappa shape index (κ3) is 2.92. The Balaban J connectivity index is 1.39. The first-order chi connectivity index (χ1) is 11.7. The molecule has 0 saturated carbocycles. The fraction of sp³-hybridized carbons (Fsp3) is 0.556. The molecule has 0 radical (unpaired) electrons. The van der Waals surface area contributed by atoms with E-state index in [2.05, 4.69) is 11.4 Å². The van der Waals surface area contributed by atoms with E-state index >= 15 is 0 Å². The number of piperidine rings is 1. The highest BCUT2D eigenvalue weighted by Crippen LogP contribution is 2.26. The van der Waals surface area contributed by atoms with Crippen LogP contribution in [0.1, 0.15) is 24.0 Å². The third-order valence-electron chi connectivity index (χ3n) is 5.19. The van der Waals surface area contributed by atoms with E-state index in [9.17, 15) is 9.59 Å². The lowest BCUT2D eigenvalue weighted by Gasteiger charge is -2.37. The zero-order valence-electron chi connectivity index (χ0n) is 13.8. The van der Waals surface area contributed by atoms with E-state index in [0.29, 0.717) is 19.5 Å². The Kier molecular flexibility index (Phi) is 4.04. The number of ether oxygens (including phenoxy) is 1. The number of likely N-dealkylation sites (tertiary alicyclic amines) is 1. The first-order valence-corrected chi connectivity index (χ1v) is 8.77. The Bertz CT molecular complexity index is 661. The van der Waals surface area contributed by atoms with Crippen LogP contribution in [-0.2, 0) is 17.6 Å². The number of amides is 3. The fourth-order valence-electron chi connectivity index (χ4n) is 3.91. The topological polar surface area (TPSA) is 61.9 Å². The van der Waals surface area contributed by atoms with E-state index in [1.165, 1.54) is 5.56 Å². The van der Waals surface area contributed by atoms with Gasteiger partial charge in [-0.1, -0.05) is 12.1 Å². The molecule has 0 spiro atoms. The molecule has 3 amide bonds. The first kappa shape index (κ1) is 15.3. The highest BCUT2D eigenvalue weighted by atomic mass is 16.5. The molecular weight excluding hydrogens is 306 g/mol. The molecule has 6 nitrogen and oxygen atoms in total. The largest absolute Gasteiger partial charge is 0.493 e. The Hall–Kier alpha value is -2.24. The minimum absolute atomic E-state index is 0.00733. The fourth-order valence-corrected chi connectivity index (χ4v) is 3.91. The van der Waals surface area contributed by atoms with Crippen LogP contribution in [0.2, 0.25) is 0 Å². The van der Waals surface area contributed by atoms with Gasteiger partial charge < -0.3 is 19.9 Å². The summed E-state index contributed by atoms with van der Waals surface area (Å²) in [7, 11) is 0. The van der Waals surface area contributed by atoms with Gasteiger partial charge in [-0.25, -0.2) is 4.79 Å². The maximum atomic E-state index is 12.7. The number of nitrogens with zero attached hydrogens (tertiary/aromatic N) is 2. The molecule has 1 atom stereocenters. The Morgan fingerprint density at radius 3 is 3.08 bits per heavy atom. The zero-order chi connectivity index (χ0) is 16.5. The number of carbonyl (C=O) groups is 2. The van der Waals surface area contributed by atoms with Gasteiger partial charge in [0.2, 0.25) is 5.91 Å². The Morgan fingerprint density at radius 1 is 1.33 bits per heavy atom. The average molecular weight is 329 g/mol. The molecule has 0 unspecified atom stereocenters. The van der Waals surface area contributed by atoms with Crippen molar-refractivity contribution in [1.29, 1.82) is 0 Å². The molecule has 4 rings (SSSR count). The van der Waals surface area contributed by atoms with Crippen LogP contribution in [0.3, 0.4) is 0 Å². The summed E-state index contributed by atoms with van der Waals surface area (Å²) in [6, 6.07) is 6.21. The van der Waals surface area contributed by atoms with Crippen molar-refractivity contribution in [1.82, 2.24) is 15.1 Å². The van der Waals surface area contributed by atoms with Gasteiger partial charge in [0.25, 0.3) is 0 Å². The molecule has 3 aliphatic heterocycles. The van der Waals surface area contributed by atoms with Gasteiger partial charge in [-0.2, -0.15) is 0 Å². The normalized spacial score (nSPS) is 23.0. The summed E-state index contributed by atoms with van der Waals surface area (Å²) in [6.07, 6.45) is 3.28. The van der Waals surface area contributed by atoms with Crippen molar-refractivity contribution in [2.45, 2.75) is 31.7 Å². The van der Waals surface area contributed by atoms with Crippen LogP contribution in [0.25, 0.3) is 0 Å². The molecule has 2 fully saturated rings. The maximum Gasteiger partial charge on any atom is 0.317 e. The molecule has 3 heterocycles. The van der Waals surface area contributed by atoms with E-state index in [0.717, 1.165) is 50.3 Å². The Morgan fingerprint density at radius 2 is 2.25 bits per heavy atom. The van der Waals surface area contributed by atoms with E-state index in [1.54, 1.807) is 0 Å². The van der Waals surface area contributed by atoms with Gasteiger partial charge in [-0.05, 0) is 30.0 Å². The number of hydrogen-bond acceptors (Lipinski definition) is 3. The lowest BCUT2D eigenvalue weighted by molar-refractivity contribution is -0.132. The summed E-state index contributed by atoms with van der Waals surface area (Å²) < 4.78 is 5.52. The highest BCUT2D eigenvalue weighted by Gasteiger charge is 2.32. The molecule has 0 aliphatic carbocycles. The van der Waals surface area contributed by atoms with E-state index in [4.69, 9.17) is 4.74 Å². The van der Waals surface area contributed by atoms with Crippen LogP contribution in [-0.4, -0.2) is 60.6 Å². The predicted molar refractivity (Wildman–Crippen MR) is 89.1 cm³/mol. The minimum Gasteiger partial charge on any atom is -0.493 e. The van der Waals surface area contributed by atoms with Crippen molar-refractivity contribution in [3.05, 3.63) is 29.3 Å². The third-order valence-corrected chi connectivity index (χ3v) is 5.19. The molecule has 2 saturated heterocycles. The van der Waals surface area contributed by atoms with Gasteiger partial charge >= 0.3 is 6.03 Å². The summed E-state index contributed by atoms with van der Waals surface area (Å²) in [6.45, 7) is 3.63. The lowest BCUT2D eigenvalue weighted by Crippen LogP contribution is -2.51. The highest BCUT2D eigenvalue weighted by molar-refractivity contribution is 5.80. The lowest BCUT2D eigenvalue weighted by atomic mass is 10.0. The summed E-state index contributed by atoms with van der Waals surface area (Å²) in [5.74, 6) is 1.10. The van der Waals surface area contributed by atoms with Crippen molar-refractivity contribution < 1.29 is 14.3 Å². The molecule has 1 N–H and O–H groups in total. The second-order valence-corrected chi connectivity index (χ2v) is 6.78.